The van der Waals surface area contributed by atoms with Gasteiger partial charge in [-0.05, 0) is 31.2 Å². The van der Waals surface area contributed by atoms with Gasteiger partial charge in [-0.1, -0.05) is 0 Å². The summed E-state index contributed by atoms with van der Waals surface area (Å²) in [4.78, 5) is 18.9. The molecular weight excluding hydrogens is 260 g/mol. The molecule has 2 rings (SSSR count). The standard InChI is InChI=1S/C14H14N2O4/c1-9-12(14(17)18)7-15-13(16-9)8-20-11-5-3-10(19-2)4-6-11/h3-7H,8H2,1-2H3,(H,17,18). The van der Waals surface area contributed by atoms with E-state index < -0.39 is 5.97 Å². The lowest BCUT2D eigenvalue weighted by atomic mass is 10.2. The van der Waals surface area contributed by atoms with Gasteiger partial charge in [0.15, 0.2) is 5.82 Å². The molecule has 0 radical (unpaired) electrons. The van der Waals surface area contributed by atoms with Gasteiger partial charge in [-0.2, -0.15) is 0 Å². The number of aromatic carboxylic acids is 1. The summed E-state index contributed by atoms with van der Waals surface area (Å²) in [5.41, 5.74) is 0.513. The fourth-order valence-electron chi connectivity index (χ4n) is 1.61. The van der Waals surface area contributed by atoms with Crippen molar-refractivity contribution in [1.29, 1.82) is 0 Å². The minimum atomic E-state index is -1.04. The van der Waals surface area contributed by atoms with Crippen LogP contribution in [0.4, 0.5) is 0 Å². The van der Waals surface area contributed by atoms with Gasteiger partial charge in [0, 0.05) is 6.20 Å². The van der Waals surface area contributed by atoms with Crippen molar-refractivity contribution >= 4 is 5.97 Å². The smallest absolute Gasteiger partial charge is 0.339 e. The molecule has 0 saturated heterocycles. The Morgan fingerprint density at radius 1 is 1.25 bits per heavy atom. The van der Waals surface area contributed by atoms with Crippen LogP contribution in [0.3, 0.4) is 0 Å². The van der Waals surface area contributed by atoms with Crippen molar-refractivity contribution in [1.82, 2.24) is 9.97 Å². The number of aryl methyl sites for hydroxylation is 1. The molecule has 0 aliphatic heterocycles. The number of hydrogen-bond donors (Lipinski definition) is 1. The Labute approximate surface area is 116 Å². The van der Waals surface area contributed by atoms with Crippen molar-refractivity contribution < 1.29 is 19.4 Å². The molecule has 1 N–H and O–H groups in total. The van der Waals surface area contributed by atoms with Crippen molar-refractivity contribution in [2.45, 2.75) is 13.5 Å². The van der Waals surface area contributed by atoms with Gasteiger partial charge in [-0.3, -0.25) is 0 Å². The molecule has 0 unspecified atom stereocenters. The van der Waals surface area contributed by atoms with E-state index in [1.165, 1.54) is 6.20 Å². The zero-order valence-electron chi connectivity index (χ0n) is 11.2. The first-order valence-electron chi connectivity index (χ1n) is 5.93. The number of benzene rings is 1. The van der Waals surface area contributed by atoms with Crippen LogP contribution in [0.2, 0.25) is 0 Å². The average molecular weight is 274 g/mol. The first-order valence-corrected chi connectivity index (χ1v) is 5.93. The van der Waals surface area contributed by atoms with Crippen LogP contribution < -0.4 is 9.47 Å². The highest BCUT2D eigenvalue weighted by atomic mass is 16.5. The van der Waals surface area contributed by atoms with Crippen LogP contribution in [-0.4, -0.2) is 28.2 Å². The number of carboxylic acids is 1. The van der Waals surface area contributed by atoms with Gasteiger partial charge in [-0.25, -0.2) is 14.8 Å². The third kappa shape index (κ3) is 3.23. The maximum atomic E-state index is 10.8. The lowest BCUT2D eigenvalue weighted by molar-refractivity contribution is 0.0695. The summed E-state index contributed by atoms with van der Waals surface area (Å²) in [6.45, 7) is 1.80. The van der Waals surface area contributed by atoms with Gasteiger partial charge in [0.05, 0.1) is 18.4 Å². The van der Waals surface area contributed by atoms with E-state index in [1.54, 1.807) is 38.3 Å². The van der Waals surface area contributed by atoms with Crippen LogP contribution in [-0.2, 0) is 6.61 Å². The Kier molecular flexibility index (Phi) is 4.14. The monoisotopic (exact) mass is 274 g/mol. The molecule has 0 fully saturated rings. The summed E-state index contributed by atoms with van der Waals surface area (Å²) in [5, 5.41) is 8.89. The molecule has 0 aliphatic carbocycles. The third-order valence-electron chi connectivity index (χ3n) is 2.69. The number of carboxylic acid groups (broad SMARTS) is 1. The fourth-order valence-corrected chi connectivity index (χ4v) is 1.61. The van der Waals surface area contributed by atoms with Gasteiger partial charge in [-0.15, -0.1) is 0 Å². The van der Waals surface area contributed by atoms with E-state index in [-0.39, 0.29) is 12.2 Å². The molecule has 1 heterocycles. The van der Waals surface area contributed by atoms with Crippen LogP contribution in [0.5, 0.6) is 11.5 Å². The number of ether oxygens (including phenoxy) is 2. The summed E-state index contributed by atoms with van der Waals surface area (Å²) in [6.07, 6.45) is 1.29. The number of rotatable bonds is 5. The summed E-state index contributed by atoms with van der Waals surface area (Å²) in [5.74, 6) is 0.804. The number of carbonyl (C=O) groups is 1. The van der Waals surface area contributed by atoms with Crippen LogP contribution in [0.1, 0.15) is 21.9 Å². The van der Waals surface area contributed by atoms with Crippen molar-refractivity contribution in [3.63, 3.8) is 0 Å². The molecule has 0 bridgehead atoms. The predicted molar refractivity (Wildman–Crippen MR) is 71.1 cm³/mol. The summed E-state index contributed by atoms with van der Waals surface area (Å²) < 4.78 is 10.6. The quantitative estimate of drug-likeness (QED) is 0.898. The van der Waals surface area contributed by atoms with Crippen molar-refractivity contribution in [2.75, 3.05) is 7.11 Å². The average Bonchev–Trinajstić information content (AvgIpc) is 2.45. The van der Waals surface area contributed by atoms with Crippen molar-refractivity contribution in [3.05, 3.63) is 47.5 Å². The molecule has 20 heavy (non-hydrogen) atoms. The zero-order chi connectivity index (χ0) is 14.5. The zero-order valence-corrected chi connectivity index (χ0v) is 11.2. The predicted octanol–water partition coefficient (Wildman–Crippen LogP) is 2.07. The topological polar surface area (TPSA) is 81.5 Å². The second-order valence-corrected chi connectivity index (χ2v) is 4.05. The van der Waals surface area contributed by atoms with E-state index in [9.17, 15) is 4.79 Å². The van der Waals surface area contributed by atoms with E-state index >= 15 is 0 Å². The van der Waals surface area contributed by atoms with Gasteiger partial charge < -0.3 is 14.6 Å². The maximum Gasteiger partial charge on any atom is 0.339 e. The van der Waals surface area contributed by atoms with E-state index in [4.69, 9.17) is 14.6 Å². The molecule has 2 aromatic rings. The highest BCUT2D eigenvalue weighted by Crippen LogP contribution is 2.17. The Hall–Kier alpha value is -2.63. The Balaban J connectivity index is 2.03. The molecule has 0 amide bonds. The Morgan fingerprint density at radius 2 is 1.90 bits per heavy atom. The minimum Gasteiger partial charge on any atom is -0.497 e. The Bertz CT molecular complexity index is 611. The second kappa shape index (κ2) is 6.01. The molecule has 1 aromatic heterocycles. The molecule has 0 atom stereocenters. The van der Waals surface area contributed by atoms with Gasteiger partial charge >= 0.3 is 5.97 Å². The van der Waals surface area contributed by atoms with Crippen molar-refractivity contribution in [2.24, 2.45) is 0 Å². The number of methoxy groups -OCH3 is 1. The van der Waals surface area contributed by atoms with Gasteiger partial charge in [0.2, 0.25) is 0 Å². The fraction of sp³-hybridized carbons (Fsp3) is 0.214. The molecule has 6 nitrogen and oxygen atoms in total. The summed E-state index contributed by atoms with van der Waals surface area (Å²) in [6, 6.07) is 7.12. The van der Waals surface area contributed by atoms with Crippen molar-refractivity contribution in [3.8, 4) is 11.5 Å². The molecule has 0 aliphatic rings. The van der Waals surface area contributed by atoms with Gasteiger partial charge in [0.25, 0.3) is 0 Å². The molecule has 1 aromatic carbocycles. The lowest BCUT2D eigenvalue weighted by Gasteiger charge is -2.07. The summed E-state index contributed by atoms with van der Waals surface area (Å²) in [7, 11) is 1.59. The minimum absolute atomic E-state index is 0.0956. The molecule has 0 saturated carbocycles. The van der Waals surface area contributed by atoms with E-state index in [1.807, 2.05) is 0 Å². The van der Waals surface area contributed by atoms with E-state index in [0.29, 0.717) is 17.3 Å². The number of aromatic nitrogens is 2. The normalized spacial score (nSPS) is 10.1. The number of nitrogens with zero attached hydrogens (tertiary/aromatic N) is 2. The number of hydrogen-bond acceptors (Lipinski definition) is 5. The SMILES string of the molecule is COc1ccc(OCc2ncc(C(=O)O)c(C)n2)cc1. The highest BCUT2D eigenvalue weighted by Gasteiger charge is 2.10. The van der Waals surface area contributed by atoms with Crippen LogP contribution in [0.25, 0.3) is 0 Å². The van der Waals surface area contributed by atoms with Crippen LogP contribution in [0.15, 0.2) is 30.5 Å². The second-order valence-electron chi connectivity index (χ2n) is 4.05. The highest BCUT2D eigenvalue weighted by molar-refractivity contribution is 5.88. The molecule has 6 heteroatoms. The van der Waals surface area contributed by atoms with Crippen LogP contribution >= 0.6 is 0 Å². The largest absolute Gasteiger partial charge is 0.497 e. The first kappa shape index (κ1) is 13.8. The van der Waals surface area contributed by atoms with E-state index in [2.05, 4.69) is 9.97 Å². The molecular formula is C14H14N2O4. The first-order chi connectivity index (χ1) is 9.60. The van der Waals surface area contributed by atoms with Crippen LogP contribution in [0, 0.1) is 6.92 Å². The van der Waals surface area contributed by atoms with Gasteiger partial charge in [0.1, 0.15) is 18.1 Å². The summed E-state index contributed by atoms with van der Waals surface area (Å²) >= 11 is 0. The lowest BCUT2D eigenvalue weighted by Crippen LogP contribution is -2.08. The van der Waals surface area contributed by atoms with E-state index in [0.717, 1.165) is 5.75 Å². The molecule has 104 valence electrons. The third-order valence-corrected chi connectivity index (χ3v) is 2.69. The Morgan fingerprint density at radius 3 is 2.45 bits per heavy atom. The maximum absolute atomic E-state index is 10.8. The molecule has 0 spiro atoms.